The molecule has 1 aromatic carbocycles. The van der Waals surface area contributed by atoms with Crippen molar-refractivity contribution < 1.29 is 4.92 Å². The minimum Gasteiger partial charge on any atom is -0.384 e. The van der Waals surface area contributed by atoms with Crippen LogP contribution in [0.2, 0.25) is 0 Å². The van der Waals surface area contributed by atoms with Crippen LogP contribution in [0.1, 0.15) is 12.0 Å². The van der Waals surface area contributed by atoms with Crippen LogP contribution in [0.5, 0.6) is 0 Å². The normalized spacial score (nSPS) is 9.95. The van der Waals surface area contributed by atoms with Gasteiger partial charge in [0.25, 0.3) is 5.69 Å². The van der Waals surface area contributed by atoms with Gasteiger partial charge < -0.3 is 5.32 Å². The molecule has 1 N–H and O–H groups in total. The number of nitrogens with one attached hydrogen (secondary N) is 1. The fourth-order valence-electron chi connectivity index (χ4n) is 1.79. The number of hydrogen-bond acceptors (Lipinski definition) is 5. The lowest BCUT2D eigenvalue weighted by Crippen LogP contribution is -2.08. The Morgan fingerprint density at radius 2 is 2.35 bits per heavy atom. The Morgan fingerprint density at radius 3 is 3.00 bits per heavy atom. The van der Waals surface area contributed by atoms with Crippen LogP contribution in [0.25, 0.3) is 0 Å². The lowest BCUT2D eigenvalue weighted by molar-refractivity contribution is -0.384. The van der Waals surface area contributed by atoms with E-state index in [2.05, 4.69) is 10.4 Å². The van der Waals surface area contributed by atoms with E-state index in [-0.39, 0.29) is 11.3 Å². The van der Waals surface area contributed by atoms with Gasteiger partial charge in [0.1, 0.15) is 6.07 Å². The Kier molecular flexibility index (Phi) is 4.29. The predicted molar refractivity (Wildman–Crippen MR) is 73.1 cm³/mol. The average molecular weight is 271 g/mol. The van der Waals surface area contributed by atoms with Crippen LogP contribution in [-0.2, 0) is 6.54 Å². The minimum atomic E-state index is -0.512. The van der Waals surface area contributed by atoms with Gasteiger partial charge >= 0.3 is 0 Å². The molecule has 0 saturated heterocycles. The predicted octanol–water partition coefficient (Wildman–Crippen LogP) is 2.17. The molecular weight excluding hydrogens is 258 g/mol. The van der Waals surface area contributed by atoms with Crippen LogP contribution in [0.15, 0.2) is 36.7 Å². The van der Waals surface area contributed by atoms with Crippen LogP contribution in [-0.4, -0.2) is 21.2 Å². The molecule has 7 heteroatoms. The maximum absolute atomic E-state index is 10.6. The maximum Gasteiger partial charge on any atom is 0.270 e. The summed E-state index contributed by atoms with van der Waals surface area (Å²) in [6.07, 6.45) is 4.44. The molecule has 0 aliphatic rings. The van der Waals surface area contributed by atoms with Gasteiger partial charge in [0.05, 0.1) is 16.2 Å². The molecule has 1 aromatic heterocycles. The van der Waals surface area contributed by atoms with Crippen LogP contribution in [0, 0.1) is 21.4 Å². The van der Waals surface area contributed by atoms with Crippen molar-refractivity contribution >= 4 is 11.4 Å². The van der Waals surface area contributed by atoms with Gasteiger partial charge in [0, 0.05) is 37.6 Å². The summed E-state index contributed by atoms with van der Waals surface area (Å²) >= 11 is 0. The molecule has 1 heterocycles. The highest BCUT2D eigenvalue weighted by Crippen LogP contribution is 2.21. The number of nitriles is 1. The molecule has 7 nitrogen and oxygen atoms in total. The number of benzene rings is 1. The van der Waals surface area contributed by atoms with E-state index >= 15 is 0 Å². The molecule has 102 valence electrons. The molecule has 0 fully saturated rings. The Labute approximate surface area is 115 Å². The third-order valence-electron chi connectivity index (χ3n) is 2.77. The van der Waals surface area contributed by atoms with Crippen LogP contribution < -0.4 is 5.32 Å². The Hall–Kier alpha value is -2.88. The van der Waals surface area contributed by atoms with E-state index in [1.54, 1.807) is 12.3 Å². The second-order valence-electron chi connectivity index (χ2n) is 4.15. The number of nitrogens with zero attached hydrogens (tertiary/aromatic N) is 4. The van der Waals surface area contributed by atoms with Crippen molar-refractivity contribution in [2.24, 2.45) is 0 Å². The first kappa shape index (κ1) is 13.5. The molecule has 0 aliphatic heterocycles. The molecule has 2 aromatic rings. The van der Waals surface area contributed by atoms with Crippen molar-refractivity contribution in [2.75, 3.05) is 11.9 Å². The van der Waals surface area contributed by atoms with Crippen molar-refractivity contribution in [3.8, 4) is 6.07 Å². The summed E-state index contributed by atoms with van der Waals surface area (Å²) in [5, 5.41) is 26.8. The first-order chi connectivity index (χ1) is 9.70. The van der Waals surface area contributed by atoms with Gasteiger partial charge in [0.2, 0.25) is 0 Å². The fourth-order valence-corrected chi connectivity index (χ4v) is 1.79. The third kappa shape index (κ3) is 3.32. The van der Waals surface area contributed by atoms with Crippen molar-refractivity contribution in [1.29, 1.82) is 5.26 Å². The van der Waals surface area contributed by atoms with E-state index < -0.39 is 4.92 Å². The van der Waals surface area contributed by atoms with Crippen molar-refractivity contribution in [3.05, 3.63) is 52.3 Å². The quantitative estimate of drug-likeness (QED) is 0.493. The summed E-state index contributed by atoms with van der Waals surface area (Å²) < 4.78 is 1.82. The summed E-state index contributed by atoms with van der Waals surface area (Å²) in [5.74, 6) is 0. The summed E-state index contributed by atoms with van der Waals surface area (Å²) in [6.45, 7) is 1.43. The molecule has 0 spiro atoms. The van der Waals surface area contributed by atoms with Gasteiger partial charge in [-0.25, -0.2) is 0 Å². The highest BCUT2D eigenvalue weighted by atomic mass is 16.6. The maximum atomic E-state index is 10.6. The summed E-state index contributed by atoms with van der Waals surface area (Å²) in [7, 11) is 0. The molecule has 0 atom stereocenters. The zero-order chi connectivity index (χ0) is 14.4. The van der Waals surface area contributed by atoms with Gasteiger partial charge in [0.15, 0.2) is 0 Å². The largest absolute Gasteiger partial charge is 0.384 e. The molecule has 20 heavy (non-hydrogen) atoms. The van der Waals surface area contributed by atoms with E-state index in [0.717, 1.165) is 13.0 Å². The van der Waals surface area contributed by atoms with Crippen molar-refractivity contribution in [2.45, 2.75) is 13.0 Å². The lowest BCUT2D eigenvalue weighted by atomic mass is 10.1. The number of rotatable bonds is 6. The van der Waals surface area contributed by atoms with E-state index in [0.29, 0.717) is 12.2 Å². The zero-order valence-electron chi connectivity index (χ0n) is 10.7. The molecule has 0 amide bonds. The Morgan fingerprint density at radius 1 is 1.50 bits per heavy atom. The SMILES string of the molecule is N#Cc1cc([N+](=O)[O-])ccc1NCCCn1cccn1. The third-order valence-corrected chi connectivity index (χ3v) is 2.77. The first-order valence-electron chi connectivity index (χ1n) is 6.10. The second kappa shape index (κ2) is 6.33. The van der Waals surface area contributed by atoms with Gasteiger partial charge in [-0.3, -0.25) is 14.8 Å². The monoisotopic (exact) mass is 271 g/mol. The van der Waals surface area contributed by atoms with Gasteiger partial charge in [-0.1, -0.05) is 0 Å². The number of anilines is 1. The summed E-state index contributed by atoms with van der Waals surface area (Å²) in [4.78, 5) is 10.1. The number of aryl methyl sites for hydroxylation is 1. The molecule has 0 saturated carbocycles. The van der Waals surface area contributed by atoms with Gasteiger partial charge in [-0.2, -0.15) is 10.4 Å². The lowest BCUT2D eigenvalue weighted by Gasteiger charge is -2.08. The Balaban J connectivity index is 1.92. The minimum absolute atomic E-state index is 0.0800. The van der Waals surface area contributed by atoms with Crippen LogP contribution in [0.4, 0.5) is 11.4 Å². The van der Waals surface area contributed by atoms with Crippen molar-refractivity contribution in [3.63, 3.8) is 0 Å². The highest BCUT2D eigenvalue weighted by Gasteiger charge is 2.10. The standard InChI is InChI=1S/C13H13N5O2/c14-10-11-9-12(18(19)20)3-4-13(11)15-5-1-7-17-8-2-6-16-17/h2-4,6,8-9,15H,1,5,7H2. The number of nitro benzene ring substituents is 1. The first-order valence-corrected chi connectivity index (χ1v) is 6.10. The number of aromatic nitrogens is 2. The van der Waals surface area contributed by atoms with E-state index in [9.17, 15) is 10.1 Å². The van der Waals surface area contributed by atoms with Gasteiger partial charge in [-0.05, 0) is 18.6 Å². The topological polar surface area (TPSA) is 96.8 Å². The smallest absolute Gasteiger partial charge is 0.270 e. The molecule has 0 bridgehead atoms. The summed E-state index contributed by atoms with van der Waals surface area (Å²) in [6, 6.07) is 8.04. The second-order valence-corrected chi connectivity index (χ2v) is 4.15. The van der Waals surface area contributed by atoms with Crippen LogP contribution in [0.3, 0.4) is 0 Å². The Bertz CT molecular complexity index is 631. The van der Waals surface area contributed by atoms with Crippen molar-refractivity contribution in [1.82, 2.24) is 9.78 Å². The zero-order valence-corrected chi connectivity index (χ0v) is 10.7. The highest BCUT2D eigenvalue weighted by molar-refractivity contribution is 5.61. The molecule has 0 unspecified atom stereocenters. The fraction of sp³-hybridized carbons (Fsp3) is 0.231. The number of hydrogen-bond donors (Lipinski definition) is 1. The average Bonchev–Trinajstić information content (AvgIpc) is 2.96. The molecular formula is C13H13N5O2. The number of nitro groups is 1. The van der Waals surface area contributed by atoms with Crippen LogP contribution >= 0.6 is 0 Å². The molecule has 0 aliphatic carbocycles. The van der Waals surface area contributed by atoms with E-state index in [1.165, 1.54) is 12.1 Å². The van der Waals surface area contributed by atoms with E-state index in [1.807, 2.05) is 23.0 Å². The number of non-ortho nitro benzene ring substituents is 1. The molecule has 0 radical (unpaired) electrons. The summed E-state index contributed by atoms with van der Waals surface area (Å²) in [5.41, 5.74) is 0.806. The van der Waals surface area contributed by atoms with E-state index in [4.69, 9.17) is 5.26 Å². The van der Waals surface area contributed by atoms with Gasteiger partial charge in [-0.15, -0.1) is 0 Å². The molecule has 2 rings (SSSR count).